The minimum absolute atomic E-state index is 0.157. The summed E-state index contributed by atoms with van der Waals surface area (Å²) in [6.45, 7) is 8.15. The zero-order valence-corrected chi connectivity index (χ0v) is 19.4. The molecule has 186 valence electrons. The van der Waals surface area contributed by atoms with Gasteiger partial charge in [-0.1, -0.05) is 20.8 Å². The average molecular weight is 476 g/mol. The van der Waals surface area contributed by atoms with Gasteiger partial charge < -0.3 is 15.4 Å². The molecule has 2 heterocycles. The van der Waals surface area contributed by atoms with Gasteiger partial charge in [0, 0.05) is 44.2 Å². The number of primary amides is 1. The highest BCUT2D eigenvalue weighted by atomic mass is 19.4. The lowest BCUT2D eigenvalue weighted by atomic mass is 9.82. The van der Waals surface area contributed by atoms with E-state index >= 15 is 4.39 Å². The molecular formula is C22H33F4N5O2. The maximum absolute atomic E-state index is 15.2. The van der Waals surface area contributed by atoms with Crippen molar-refractivity contribution in [1.29, 1.82) is 0 Å². The normalized spacial score (nSPS) is 25.2. The van der Waals surface area contributed by atoms with E-state index < -0.39 is 29.0 Å². The number of carbonyl (C=O) groups excluding carboxylic acids is 1. The molecule has 1 aromatic heterocycles. The number of amides is 1. The van der Waals surface area contributed by atoms with Crippen LogP contribution in [0.25, 0.3) is 0 Å². The Kier molecular flexibility index (Phi) is 7.40. The number of aromatic nitrogens is 2. The molecule has 0 radical (unpaired) electrons. The van der Waals surface area contributed by atoms with Gasteiger partial charge in [0.2, 0.25) is 0 Å². The number of halogens is 4. The van der Waals surface area contributed by atoms with Crippen molar-refractivity contribution >= 4 is 11.9 Å². The second kappa shape index (κ2) is 9.60. The Hall–Kier alpha value is -2.17. The summed E-state index contributed by atoms with van der Waals surface area (Å²) in [7, 11) is 0. The van der Waals surface area contributed by atoms with E-state index in [1.54, 1.807) is 20.8 Å². The lowest BCUT2D eigenvalue weighted by Crippen LogP contribution is -2.48. The number of anilines is 1. The van der Waals surface area contributed by atoms with Crippen LogP contribution >= 0.6 is 0 Å². The number of piperazine rings is 1. The zero-order chi connectivity index (χ0) is 24.4. The molecular weight excluding hydrogens is 442 g/mol. The summed E-state index contributed by atoms with van der Waals surface area (Å²) in [6, 6.07) is 1.01. The number of carbonyl (C=O) groups is 1. The van der Waals surface area contributed by atoms with Crippen molar-refractivity contribution < 1.29 is 27.1 Å². The lowest BCUT2D eigenvalue weighted by molar-refractivity contribution is -0.141. The van der Waals surface area contributed by atoms with E-state index in [2.05, 4.69) is 14.9 Å². The third kappa shape index (κ3) is 6.91. The molecule has 3 rings (SSSR count). The molecule has 1 aliphatic carbocycles. The Morgan fingerprint density at radius 3 is 2.27 bits per heavy atom. The lowest BCUT2D eigenvalue weighted by Gasteiger charge is -2.38. The van der Waals surface area contributed by atoms with Crippen LogP contribution in [0, 0.1) is 0 Å². The monoisotopic (exact) mass is 475 g/mol. The van der Waals surface area contributed by atoms with Gasteiger partial charge in [0.25, 0.3) is 0 Å². The largest absolute Gasteiger partial charge is 0.446 e. The van der Waals surface area contributed by atoms with Crippen molar-refractivity contribution in [2.75, 3.05) is 37.6 Å². The van der Waals surface area contributed by atoms with Gasteiger partial charge in [-0.05, 0) is 32.1 Å². The quantitative estimate of drug-likeness (QED) is 0.647. The first-order valence-corrected chi connectivity index (χ1v) is 11.3. The van der Waals surface area contributed by atoms with Crippen molar-refractivity contribution in [3.63, 3.8) is 0 Å². The fourth-order valence-electron chi connectivity index (χ4n) is 4.28. The Labute approximate surface area is 191 Å². The number of ether oxygens (including phenoxy) is 1. The number of alkyl halides is 4. The number of hydrogen-bond donors (Lipinski definition) is 1. The smallest absolute Gasteiger partial charge is 0.433 e. The van der Waals surface area contributed by atoms with Crippen molar-refractivity contribution in [3.8, 4) is 0 Å². The summed E-state index contributed by atoms with van der Waals surface area (Å²) in [4.78, 5) is 23.0. The third-order valence-electron chi connectivity index (χ3n) is 6.36. The predicted octanol–water partition coefficient (Wildman–Crippen LogP) is 4.05. The van der Waals surface area contributed by atoms with Gasteiger partial charge in [-0.2, -0.15) is 13.2 Å². The molecule has 2 fully saturated rings. The Bertz CT molecular complexity index is 795. The minimum Gasteiger partial charge on any atom is -0.446 e. The van der Waals surface area contributed by atoms with E-state index in [0.29, 0.717) is 64.8 Å². The summed E-state index contributed by atoms with van der Waals surface area (Å²) < 4.78 is 60.3. The summed E-state index contributed by atoms with van der Waals surface area (Å²) in [6.07, 6.45) is -3.76. The topological polar surface area (TPSA) is 84.6 Å². The second-order valence-corrected chi connectivity index (χ2v) is 10.0. The highest BCUT2D eigenvalue weighted by Gasteiger charge is 2.38. The number of nitrogens with zero attached hydrogens (tertiary/aromatic N) is 4. The minimum atomic E-state index is -4.55. The van der Waals surface area contributed by atoms with Crippen molar-refractivity contribution in [2.45, 2.75) is 76.2 Å². The van der Waals surface area contributed by atoms with Crippen LogP contribution in [0.4, 0.5) is 28.2 Å². The van der Waals surface area contributed by atoms with Gasteiger partial charge in [-0.15, -0.1) is 0 Å². The second-order valence-electron chi connectivity index (χ2n) is 10.0. The summed E-state index contributed by atoms with van der Waals surface area (Å²) >= 11 is 0. The first-order chi connectivity index (χ1) is 15.2. The van der Waals surface area contributed by atoms with Gasteiger partial charge in [0.15, 0.2) is 0 Å². The molecule has 1 aliphatic heterocycles. The summed E-state index contributed by atoms with van der Waals surface area (Å²) in [5.41, 5.74) is 2.18. The average Bonchev–Trinajstić information content (AvgIpc) is 2.73. The van der Waals surface area contributed by atoms with Gasteiger partial charge in [0.05, 0.1) is 0 Å². The van der Waals surface area contributed by atoms with Gasteiger partial charge >= 0.3 is 12.3 Å². The maximum Gasteiger partial charge on any atom is 0.433 e. The van der Waals surface area contributed by atoms with Crippen LogP contribution in [0.2, 0.25) is 0 Å². The molecule has 0 unspecified atom stereocenters. The van der Waals surface area contributed by atoms with Crippen LogP contribution in [0.3, 0.4) is 0 Å². The highest BCUT2D eigenvalue weighted by Crippen LogP contribution is 2.36. The number of rotatable bonds is 5. The molecule has 33 heavy (non-hydrogen) atoms. The SMILES string of the molecule is CC(C)(C)c1nc(N2CCN(CCC3(F)CCC(OC(N)=O)CC3)CC2)cc(C(F)(F)F)n1. The molecule has 11 heteroatoms. The first kappa shape index (κ1) is 25.5. The molecule has 1 amide bonds. The number of hydrogen-bond acceptors (Lipinski definition) is 6. The van der Waals surface area contributed by atoms with Crippen LogP contribution in [0.1, 0.15) is 64.4 Å². The van der Waals surface area contributed by atoms with Crippen LogP contribution in [-0.2, 0) is 16.3 Å². The molecule has 0 atom stereocenters. The van der Waals surface area contributed by atoms with E-state index in [4.69, 9.17) is 10.5 Å². The molecule has 2 aliphatic rings. The van der Waals surface area contributed by atoms with E-state index in [1.807, 2.05) is 4.90 Å². The van der Waals surface area contributed by atoms with E-state index in [9.17, 15) is 18.0 Å². The predicted molar refractivity (Wildman–Crippen MR) is 116 cm³/mol. The molecule has 0 bridgehead atoms. The Balaban J connectivity index is 1.55. The van der Waals surface area contributed by atoms with E-state index in [0.717, 1.165) is 6.07 Å². The molecule has 1 saturated heterocycles. The Morgan fingerprint density at radius 2 is 1.76 bits per heavy atom. The van der Waals surface area contributed by atoms with Crippen molar-refractivity contribution in [2.24, 2.45) is 5.73 Å². The molecule has 1 saturated carbocycles. The van der Waals surface area contributed by atoms with E-state index in [-0.39, 0.29) is 17.7 Å². The van der Waals surface area contributed by atoms with Crippen LogP contribution < -0.4 is 10.6 Å². The third-order valence-corrected chi connectivity index (χ3v) is 6.36. The van der Waals surface area contributed by atoms with E-state index in [1.165, 1.54) is 0 Å². The molecule has 2 N–H and O–H groups in total. The number of nitrogens with two attached hydrogens (primary N) is 1. The van der Waals surface area contributed by atoms with Crippen LogP contribution in [0.5, 0.6) is 0 Å². The van der Waals surface area contributed by atoms with Crippen molar-refractivity contribution in [3.05, 3.63) is 17.6 Å². The molecule has 7 nitrogen and oxygen atoms in total. The maximum atomic E-state index is 15.2. The van der Waals surface area contributed by atoms with Crippen LogP contribution in [0.15, 0.2) is 6.07 Å². The van der Waals surface area contributed by atoms with Crippen molar-refractivity contribution in [1.82, 2.24) is 14.9 Å². The standard InChI is InChI=1S/C22H33F4N5O2/c1-20(2,3)18-28-16(22(24,25)26)14-17(29-18)31-12-10-30(11-13-31)9-8-21(23)6-4-15(5-7-21)33-19(27)32/h14-15H,4-13H2,1-3H3,(H2,27,32). The highest BCUT2D eigenvalue weighted by molar-refractivity contribution is 5.64. The zero-order valence-electron chi connectivity index (χ0n) is 19.4. The first-order valence-electron chi connectivity index (χ1n) is 11.3. The molecule has 0 spiro atoms. The molecule has 1 aromatic rings. The fourth-order valence-corrected chi connectivity index (χ4v) is 4.28. The summed E-state index contributed by atoms with van der Waals surface area (Å²) in [5, 5.41) is 0. The van der Waals surface area contributed by atoms with Gasteiger partial charge in [-0.3, -0.25) is 4.90 Å². The van der Waals surface area contributed by atoms with Crippen LogP contribution in [-0.4, -0.2) is 65.5 Å². The summed E-state index contributed by atoms with van der Waals surface area (Å²) in [5.74, 6) is 0.432. The molecule has 0 aromatic carbocycles. The van der Waals surface area contributed by atoms with Gasteiger partial charge in [-0.25, -0.2) is 19.2 Å². The fraction of sp³-hybridized carbons (Fsp3) is 0.773. The Morgan fingerprint density at radius 1 is 1.15 bits per heavy atom. The van der Waals surface area contributed by atoms with Gasteiger partial charge in [0.1, 0.15) is 29.1 Å².